The van der Waals surface area contributed by atoms with E-state index < -0.39 is 17.5 Å². The van der Waals surface area contributed by atoms with Gasteiger partial charge in [-0.05, 0) is 25.1 Å². The molecule has 0 aromatic heterocycles. The molecule has 0 radical (unpaired) electrons. The van der Waals surface area contributed by atoms with Gasteiger partial charge in [0.1, 0.15) is 5.75 Å². The van der Waals surface area contributed by atoms with Gasteiger partial charge in [0.2, 0.25) is 0 Å². The lowest BCUT2D eigenvalue weighted by Gasteiger charge is -2.12. The largest absolute Gasteiger partial charge is 0.426 e. The molecule has 0 N–H and O–H groups in total. The molecule has 2 nitrogen and oxygen atoms in total. The van der Waals surface area contributed by atoms with Gasteiger partial charge in [-0.1, -0.05) is 0 Å². The summed E-state index contributed by atoms with van der Waals surface area (Å²) in [5.74, 6) is -0.548. The van der Waals surface area contributed by atoms with Crippen molar-refractivity contribution in [2.45, 2.75) is 13.1 Å². The number of rotatable bonds is 3. The zero-order valence-electron chi connectivity index (χ0n) is 8.59. The molecule has 0 saturated heterocycles. The number of benzene rings is 1. The number of halogens is 3. The lowest BCUT2D eigenvalue weighted by atomic mass is 10.0. The van der Waals surface area contributed by atoms with Crippen molar-refractivity contribution in [2.24, 2.45) is 0 Å². The van der Waals surface area contributed by atoms with Gasteiger partial charge in [0.05, 0.1) is 17.6 Å². The molecule has 0 aliphatic carbocycles. The standard InChI is InChI=1S/C10H9F3O2S/c1-6(14)8-4-3-7(15-16-2)5-9(8)10(11,12)13/h3-5H,1-2H3. The molecule has 0 spiro atoms. The molecule has 0 saturated carbocycles. The van der Waals surface area contributed by atoms with Crippen LogP contribution in [0.15, 0.2) is 18.2 Å². The Bertz CT molecular complexity index is 402. The third kappa shape index (κ3) is 2.91. The van der Waals surface area contributed by atoms with Gasteiger partial charge in [-0.25, -0.2) is 0 Å². The Morgan fingerprint density at radius 1 is 1.38 bits per heavy atom. The van der Waals surface area contributed by atoms with Gasteiger partial charge in [0.25, 0.3) is 0 Å². The summed E-state index contributed by atoms with van der Waals surface area (Å²) < 4.78 is 42.7. The van der Waals surface area contributed by atoms with E-state index in [4.69, 9.17) is 4.18 Å². The van der Waals surface area contributed by atoms with E-state index in [0.29, 0.717) is 0 Å². The summed E-state index contributed by atoms with van der Waals surface area (Å²) in [7, 11) is 0. The van der Waals surface area contributed by atoms with Crippen LogP contribution < -0.4 is 4.18 Å². The highest BCUT2D eigenvalue weighted by molar-refractivity contribution is 7.94. The van der Waals surface area contributed by atoms with Crippen LogP contribution in [-0.4, -0.2) is 12.0 Å². The predicted molar refractivity (Wildman–Crippen MR) is 55.6 cm³/mol. The third-order valence-electron chi connectivity index (χ3n) is 1.86. The fraction of sp³-hybridized carbons (Fsp3) is 0.300. The highest BCUT2D eigenvalue weighted by atomic mass is 32.2. The van der Waals surface area contributed by atoms with Gasteiger partial charge in [-0.15, -0.1) is 0 Å². The summed E-state index contributed by atoms with van der Waals surface area (Å²) in [6.07, 6.45) is -2.97. The molecule has 0 heterocycles. The van der Waals surface area contributed by atoms with Gasteiger partial charge in [-0.3, -0.25) is 4.79 Å². The molecule has 0 amide bonds. The van der Waals surface area contributed by atoms with E-state index in [2.05, 4.69) is 0 Å². The van der Waals surface area contributed by atoms with E-state index >= 15 is 0 Å². The van der Waals surface area contributed by atoms with Crippen molar-refractivity contribution in [3.05, 3.63) is 29.3 Å². The number of hydrogen-bond acceptors (Lipinski definition) is 3. The quantitative estimate of drug-likeness (QED) is 0.606. The summed E-state index contributed by atoms with van der Waals surface area (Å²) in [6, 6.07) is 3.28. The van der Waals surface area contributed by atoms with Crippen molar-refractivity contribution in [2.75, 3.05) is 6.26 Å². The Balaban J connectivity index is 3.27. The van der Waals surface area contributed by atoms with Crippen LogP contribution in [0.25, 0.3) is 0 Å². The van der Waals surface area contributed by atoms with Crippen LogP contribution in [0, 0.1) is 0 Å². The zero-order valence-corrected chi connectivity index (χ0v) is 9.41. The minimum atomic E-state index is -4.56. The zero-order chi connectivity index (χ0) is 12.3. The molecule has 0 aliphatic rings. The van der Waals surface area contributed by atoms with Crippen LogP contribution in [0.1, 0.15) is 22.8 Å². The predicted octanol–water partition coefficient (Wildman–Crippen LogP) is 3.56. The summed E-state index contributed by atoms with van der Waals surface area (Å²) in [5, 5.41) is 0. The molecule has 1 rings (SSSR count). The number of ketones is 1. The first-order chi connectivity index (χ1) is 7.36. The Hall–Kier alpha value is -1.17. The first-order valence-electron chi connectivity index (χ1n) is 4.29. The Morgan fingerprint density at radius 3 is 2.44 bits per heavy atom. The van der Waals surface area contributed by atoms with Crippen LogP contribution in [0.5, 0.6) is 5.75 Å². The van der Waals surface area contributed by atoms with E-state index in [1.54, 1.807) is 6.26 Å². The van der Waals surface area contributed by atoms with Crippen molar-refractivity contribution >= 4 is 17.8 Å². The fourth-order valence-corrected chi connectivity index (χ4v) is 1.51. The SMILES string of the molecule is CSOc1ccc(C(C)=O)c(C(F)(F)F)c1. The maximum Gasteiger partial charge on any atom is 0.417 e. The van der Waals surface area contributed by atoms with Crippen molar-refractivity contribution in [3.63, 3.8) is 0 Å². The molecule has 0 bridgehead atoms. The summed E-state index contributed by atoms with van der Waals surface area (Å²) in [5.41, 5.74) is -1.31. The van der Waals surface area contributed by atoms with Gasteiger partial charge in [0, 0.05) is 11.8 Å². The Morgan fingerprint density at radius 2 is 2.00 bits per heavy atom. The smallest absolute Gasteiger partial charge is 0.417 e. The van der Waals surface area contributed by atoms with Crippen LogP contribution in [0.2, 0.25) is 0 Å². The van der Waals surface area contributed by atoms with Crippen molar-refractivity contribution in [1.29, 1.82) is 0 Å². The van der Waals surface area contributed by atoms with E-state index in [-0.39, 0.29) is 11.3 Å². The molecule has 0 unspecified atom stereocenters. The number of alkyl halides is 3. The third-order valence-corrected chi connectivity index (χ3v) is 2.21. The number of Topliss-reactive ketones (excluding diaryl/α,β-unsaturated/α-hetero) is 1. The molecule has 0 atom stereocenters. The molecule has 16 heavy (non-hydrogen) atoms. The Labute approximate surface area is 95.0 Å². The van der Waals surface area contributed by atoms with Crippen molar-refractivity contribution < 1.29 is 22.1 Å². The van der Waals surface area contributed by atoms with Gasteiger partial charge in [0.15, 0.2) is 5.78 Å². The lowest BCUT2D eigenvalue weighted by Crippen LogP contribution is -2.11. The van der Waals surface area contributed by atoms with Crippen LogP contribution in [-0.2, 0) is 6.18 Å². The number of carbonyl (C=O) groups is 1. The summed E-state index contributed by atoms with van der Waals surface area (Å²) in [6.45, 7) is 1.10. The van der Waals surface area contributed by atoms with Gasteiger partial charge < -0.3 is 4.18 Å². The molecular weight excluding hydrogens is 241 g/mol. The van der Waals surface area contributed by atoms with E-state index in [9.17, 15) is 18.0 Å². The molecule has 0 aliphatic heterocycles. The van der Waals surface area contributed by atoms with E-state index in [1.807, 2.05) is 0 Å². The van der Waals surface area contributed by atoms with Crippen molar-refractivity contribution in [1.82, 2.24) is 0 Å². The average molecular weight is 250 g/mol. The van der Waals surface area contributed by atoms with E-state index in [1.165, 1.54) is 6.07 Å². The van der Waals surface area contributed by atoms with Crippen molar-refractivity contribution in [3.8, 4) is 5.75 Å². The first-order valence-corrected chi connectivity index (χ1v) is 5.44. The maximum atomic E-state index is 12.6. The highest BCUT2D eigenvalue weighted by Gasteiger charge is 2.34. The van der Waals surface area contributed by atoms with Crippen LogP contribution >= 0.6 is 12.0 Å². The minimum Gasteiger partial charge on any atom is -0.426 e. The topological polar surface area (TPSA) is 26.3 Å². The van der Waals surface area contributed by atoms with E-state index in [0.717, 1.165) is 31.1 Å². The Kier molecular flexibility index (Phi) is 3.85. The second-order valence-corrected chi connectivity index (χ2v) is 3.51. The summed E-state index contributed by atoms with van der Waals surface area (Å²) in [4.78, 5) is 11.0. The van der Waals surface area contributed by atoms with Crippen LogP contribution in [0.3, 0.4) is 0 Å². The fourth-order valence-electron chi connectivity index (χ4n) is 1.21. The molecule has 88 valence electrons. The average Bonchev–Trinajstić information content (AvgIpc) is 2.16. The molecule has 0 fully saturated rings. The summed E-state index contributed by atoms with van der Waals surface area (Å²) >= 11 is 0.936. The normalized spacial score (nSPS) is 11.3. The number of carbonyl (C=O) groups excluding carboxylic acids is 1. The van der Waals surface area contributed by atoms with Crippen LogP contribution in [0.4, 0.5) is 13.2 Å². The lowest BCUT2D eigenvalue weighted by molar-refractivity contribution is -0.138. The second kappa shape index (κ2) is 4.78. The monoisotopic (exact) mass is 250 g/mol. The molecule has 1 aromatic carbocycles. The molecule has 1 aromatic rings. The molecule has 6 heteroatoms. The second-order valence-electron chi connectivity index (χ2n) is 3.01. The van der Waals surface area contributed by atoms with Gasteiger partial charge in [-0.2, -0.15) is 13.2 Å². The number of hydrogen-bond donors (Lipinski definition) is 0. The first kappa shape index (κ1) is 12.9. The highest BCUT2D eigenvalue weighted by Crippen LogP contribution is 2.35. The van der Waals surface area contributed by atoms with Gasteiger partial charge >= 0.3 is 6.18 Å². The maximum absolute atomic E-state index is 12.6. The minimum absolute atomic E-state index is 0.0739. The molecular formula is C10H9F3O2S.